The molecule has 2 atom stereocenters. The smallest absolute Gasteiger partial charge is 0.668 e. The minimum absolute atomic E-state index is 0. The molecule has 2 aliphatic carbocycles. The van der Waals surface area contributed by atoms with Crippen LogP contribution in [0.4, 0.5) is 5.69 Å². The van der Waals surface area contributed by atoms with Crippen LogP contribution in [0.5, 0.6) is 0 Å². The van der Waals surface area contributed by atoms with Gasteiger partial charge in [0.25, 0.3) is 0 Å². The molecule has 49 heavy (non-hydrogen) atoms. The van der Waals surface area contributed by atoms with Gasteiger partial charge in [0, 0.05) is 12.7 Å². The summed E-state index contributed by atoms with van der Waals surface area (Å²) in [4.78, 5) is 0. The van der Waals surface area contributed by atoms with E-state index in [1.54, 1.807) is 42.3 Å². The number of rotatable bonds is 6. The standard InChI is InChI=1S/C36H48NP.3C2H6N.CH3.Zr/c1-25(2)30-20-15-21-31(26(3)4)34(30)37-38(27-16-11-9-12-17-27,28-18-13-10-14-19-28)29-22-32-33(23-29)36(7,8)24-35(32,5)6;3*1-3-2;;/h9-21,25-26,29,32-33H,22-24H2,1-8H3;3*1-2H3;1H3;/q;4*-1;+4. The van der Waals surface area contributed by atoms with E-state index in [2.05, 4.69) is 150 Å². The van der Waals surface area contributed by atoms with Crippen LogP contribution >= 0.6 is 7.05 Å². The Hall–Kier alpha value is -1.35. The second-order valence-corrected chi connectivity index (χ2v) is 18.7. The van der Waals surface area contributed by atoms with Gasteiger partial charge in [-0.05, 0) is 75.5 Å². The van der Waals surface area contributed by atoms with E-state index in [4.69, 9.17) is 4.74 Å². The number of hydrogen-bond donors (Lipinski definition) is 0. The first kappa shape index (κ1) is 47.7. The molecule has 0 aliphatic heterocycles. The zero-order valence-corrected chi connectivity index (χ0v) is 37.1. The van der Waals surface area contributed by atoms with Gasteiger partial charge in [-0.25, -0.2) is 0 Å². The van der Waals surface area contributed by atoms with Crippen LogP contribution in [-0.4, -0.2) is 47.9 Å². The van der Waals surface area contributed by atoms with Gasteiger partial charge in [-0.15, -0.1) is 0 Å². The Morgan fingerprint density at radius 2 is 0.918 bits per heavy atom. The van der Waals surface area contributed by atoms with Crippen LogP contribution in [0.1, 0.15) is 97.6 Å². The fraction of sp³-hybridized carbons (Fsp3) is 0.558. The Morgan fingerprint density at radius 1 is 0.592 bits per heavy atom. The van der Waals surface area contributed by atoms with Gasteiger partial charge >= 0.3 is 26.2 Å². The maximum absolute atomic E-state index is 6.19. The molecular weight excluding hydrogens is 695 g/mol. The molecule has 3 aromatic rings. The molecule has 5 rings (SSSR count). The summed E-state index contributed by atoms with van der Waals surface area (Å²) >= 11 is 0. The predicted molar refractivity (Wildman–Crippen MR) is 220 cm³/mol. The van der Waals surface area contributed by atoms with Gasteiger partial charge in [0.05, 0.1) is 5.69 Å². The maximum Gasteiger partial charge on any atom is 4.00 e. The fourth-order valence-electron chi connectivity index (χ4n) is 8.34. The van der Waals surface area contributed by atoms with Crippen molar-refractivity contribution < 1.29 is 26.2 Å². The zero-order valence-electron chi connectivity index (χ0n) is 33.7. The molecule has 0 saturated heterocycles. The number of fused-ring (bicyclic) bond motifs is 1. The zero-order chi connectivity index (χ0) is 35.4. The van der Waals surface area contributed by atoms with Crippen molar-refractivity contribution in [3.63, 3.8) is 0 Å². The minimum Gasteiger partial charge on any atom is -0.668 e. The van der Waals surface area contributed by atoms with Crippen molar-refractivity contribution in [2.75, 3.05) is 42.3 Å². The van der Waals surface area contributed by atoms with E-state index < -0.39 is 7.05 Å². The summed E-state index contributed by atoms with van der Waals surface area (Å²) in [6, 6.07) is 29.8. The third kappa shape index (κ3) is 11.6. The quantitative estimate of drug-likeness (QED) is 0.177. The van der Waals surface area contributed by atoms with Gasteiger partial charge in [-0.2, -0.15) is 42.3 Å². The van der Waals surface area contributed by atoms with E-state index in [1.807, 2.05) is 0 Å². The third-order valence-corrected chi connectivity index (χ3v) is 14.0. The SMILES string of the molecule is CC(C)c1cccc(C(C)C)c1N=P(c1ccccc1)(c1ccccc1)C1CC2C(C1)C(C)(C)CC2(C)C.C[N-]C.C[N-]C.C[N-]C.[CH3-].[Zr+4]. The number of hydrogen-bond acceptors (Lipinski definition) is 1. The summed E-state index contributed by atoms with van der Waals surface area (Å²) in [5, 5.41) is 13.4. The first-order valence-corrected chi connectivity index (χ1v) is 19.3. The molecule has 2 fully saturated rings. The molecule has 3 aromatic carbocycles. The number of benzene rings is 3. The molecule has 0 spiro atoms. The van der Waals surface area contributed by atoms with Gasteiger partial charge in [-0.1, -0.05) is 134 Å². The fourth-order valence-corrected chi connectivity index (χ4v) is 12.7. The van der Waals surface area contributed by atoms with Crippen LogP contribution in [0, 0.1) is 30.1 Å². The van der Waals surface area contributed by atoms with Crippen molar-refractivity contribution >= 4 is 23.4 Å². The van der Waals surface area contributed by atoms with E-state index in [1.165, 1.54) is 46.7 Å². The second kappa shape index (κ2) is 21.9. The largest absolute Gasteiger partial charge is 4.00 e. The van der Waals surface area contributed by atoms with E-state index in [-0.39, 0.29) is 33.6 Å². The van der Waals surface area contributed by atoms with Crippen molar-refractivity contribution in [2.45, 2.75) is 92.1 Å². The molecular formula is C43H69N4PZr. The van der Waals surface area contributed by atoms with Gasteiger partial charge in [0.1, 0.15) is 0 Å². The molecule has 2 aliphatic rings. The average molecular weight is 764 g/mol. The van der Waals surface area contributed by atoms with Gasteiger partial charge in [0.2, 0.25) is 0 Å². The summed E-state index contributed by atoms with van der Waals surface area (Å²) in [6.07, 6.45) is 3.89. The Balaban J connectivity index is 0.00000190. The normalized spacial score (nSPS) is 19.8. The second-order valence-electron chi connectivity index (χ2n) is 15.4. The van der Waals surface area contributed by atoms with Gasteiger partial charge < -0.3 is 23.4 Å². The van der Waals surface area contributed by atoms with Gasteiger partial charge in [-0.3, -0.25) is 4.74 Å². The monoisotopic (exact) mass is 762 g/mol. The van der Waals surface area contributed by atoms with Crippen molar-refractivity contribution in [1.29, 1.82) is 0 Å². The van der Waals surface area contributed by atoms with Crippen molar-refractivity contribution in [2.24, 2.45) is 27.4 Å². The molecule has 0 heterocycles. The van der Waals surface area contributed by atoms with Crippen molar-refractivity contribution in [1.82, 2.24) is 0 Å². The Kier molecular flexibility index (Phi) is 21.3. The summed E-state index contributed by atoms with van der Waals surface area (Å²) in [6.45, 7) is 19.5. The van der Waals surface area contributed by atoms with Gasteiger partial charge in [0.15, 0.2) is 0 Å². The third-order valence-electron chi connectivity index (χ3n) is 9.88. The Labute approximate surface area is 323 Å². The van der Waals surface area contributed by atoms with Crippen molar-refractivity contribution in [3.05, 3.63) is 113 Å². The molecule has 0 N–H and O–H groups in total. The molecule has 6 heteroatoms. The van der Waals surface area contributed by atoms with Crippen LogP contribution in [-0.2, 0) is 26.2 Å². The van der Waals surface area contributed by atoms with Crippen LogP contribution < -0.4 is 10.6 Å². The summed E-state index contributed by atoms with van der Waals surface area (Å²) in [5.74, 6) is 2.38. The summed E-state index contributed by atoms with van der Waals surface area (Å²) in [7, 11) is 8.35. The topological polar surface area (TPSA) is 54.7 Å². The van der Waals surface area contributed by atoms with Crippen LogP contribution in [0.25, 0.3) is 16.0 Å². The van der Waals surface area contributed by atoms with Crippen LogP contribution in [0.15, 0.2) is 83.6 Å². The average Bonchev–Trinajstić information content (AvgIpc) is 3.56. The maximum atomic E-state index is 6.19. The predicted octanol–water partition coefficient (Wildman–Crippen LogP) is 12.6. The number of nitrogens with zero attached hydrogens (tertiary/aromatic N) is 4. The van der Waals surface area contributed by atoms with E-state index in [9.17, 15) is 0 Å². The molecule has 0 aromatic heterocycles. The summed E-state index contributed by atoms with van der Waals surface area (Å²) in [5.41, 5.74) is 5.38. The Bertz CT molecular complexity index is 1290. The molecule has 2 unspecified atom stereocenters. The summed E-state index contributed by atoms with van der Waals surface area (Å²) < 4.78 is 6.19. The van der Waals surface area contributed by atoms with E-state index in [0.29, 0.717) is 28.3 Å². The minimum atomic E-state index is -2.15. The molecule has 2 saturated carbocycles. The first-order valence-electron chi connectivity index (χ1n) is 17.5. The van der Waals surface area contributed by atoms with E-state index >= 15 is 0 Å². The molecule has 270 valence electrons. The van der Waals surface area contributed by atoms with Crippen LogP contribution in [0.3, 0.4) is 0 Å². The Morgan fingerprint density at radius 3 is 1.22 bits per heavy atom. The van der Waals surface area contributed by atoms with Crippen molar-refractivity contribution in [3.8, 4) is 0 Å². The molecule has 0 bridgehead atoms. The van der Waals surface area contributed by atoms with Crippen LogP contribution in [0.2, 0.25) is 0 Å². The first-order chi connectivity index (χ1) is 22.2. The molecule has 0 radical (unpaired) electrons. The van der Waals surface area contributed by atoms with E-state index in [0.717, 1.165) is 11.8 Å². The molecule has 0 amide bonds. The molecule has 4 nitrogen and oxygen atoms in total.